The van der Waals surface area contributed by atoms with Gasteiger partial charge in [0.05, 0.1) is 11.5 Å². The Balaban J connectivity index is 2.36. The predicted octanol–water partition coefficient (Wildman–Crippen LogP) is 3.31. The maximum Gasteiger partial charge on any atom is 0.383 e. The Labute approximate surface area is 144 Å². The van der Waals surface area contributed by atoms with Gasteiger partial charge in [0.2, 0.25) is 5.75 Å². The highest BCUT2D eigenvalue weighted by Crippen LogP contribution is 2.34. The number of benzene rings is 1. The Kier molecular flexibility index (Phi) is 6.27. The summed E-state index contributed by atoms with van der Waals surface area (Å²) in [6.07, 6.45) is 3.22. The van der Waals surface area contributed by atoms with Crippen LogP contribution in [-0.2, 0) is 4.79 Å². The van der Waals surface area contributed by atoms with Gasteiger partial charge in [-0.1, -0.05) is 26.7 Å². The summed E-state index contributed by atoms with van der Waals surface area (Å²) in [7, 11) is 0. The molecule has 0 aliphatic heterocycles. The number of ether oxygens (including phenoxy) is 2. The third-order valence-corrected chi connectivity index (χ3v) is 3.79. The number of aromatic hydroxyl groups is 1. The molecule has 0 saturated heterocycles. The van der Waals surface area contributed by atoms with Crippen LogP contribution in [0, 0.1) is 0 Å². The molecule has 2 aromatic rings. The lowest BCUT2D eigenvalue weighted by molar-refractivity contribution is -0.139. The molecule has 1 atom stereocenters. The van der Waals surface area contributed by atoms with Crippen molar-refractivity contribution >= 4 is 16.9 Å². The maximum atomic E-state index is 12.1. The molecule has 7 heteroatoms. The average Bonchev–Trinajstić information content (AvgIpc) is 2.59. The number of hydrogen-bond acceptors (Lipinski definition) is 6. The Bertz CT molecular complexity index is 794. The van der Waals surface area contributed by atoms with Crippen LogP contribution in [0.5, 0.6) is 17.2 Å². The van der Waals surface area contributed by atoms with Gasteiger partial charge in [-0.2, -0.15) is 0 Å². The molecule has 7 nitrogen and oxygen atoms in total. The minimum atomic E-state index is -1.12. The molecule has 25 heavy (non-hydrogen) atoms. The van der Waals surface area contributed by atoms with Crippen molar-refractivity contribution in [1.29, 1.82) is 0 Å². The van der Waals surface area contributed by atoms with Crippen LogP contribution in [0.4, 0.5) is 0 Å². The highest BCUT2D eigenvalue weighted by molar-refractivity contribution is 5.86. The summed E-state index contributed by atoms with van der Waals surface area (Å²) < 4.78 is 16.0. The zero-order valence-electron chi connectivity index (χ0n) is 14.3. The minimum Gasteiger partial charge on any atom is -0.504 e. The molecule has 0 saturated carbocycles. The van der Waals surface area contributed by atoms with E-state index in [9.17, 15) is 14.7 Å². The van der Waals surface area contributed by atoms with Gasteiger partial charge in [0, 0.05) is 0 Å². The topological polar surface area (TPSA) is 106 Å². The number of hydrogen-bond donors (Lipinski definition) is 2. The van der Waals surface area contributed by atoms with Crippen LogP contribution in [-0.4, -0.2) is 28.9 Å². The summed E-state index contributed by atoms with van der Waals surface area (Å²) in [4.78, 5) is 22.7. The van der Waals surface area contributed by atoms with Gasteiger partial charge in [0.1, 0.15) is 11.3 Å². The van der Waals surface area contributed by atoms with Crippen molar-refractivity contribution in [3.63, 3.8) is 0 Å². The van der Waals surface area contributed by atoms with Gasteiger partial charge in [-0.3, -0.25) is 0 Å². The van der Waals surface area contributed by atoms with E-state index >= 15 is 0 Å². The Morgan fingerprint density at radius 2 is 2.08 bits per heavy atom. The SMILES string of the molecule is CCCCC(CC)Oc1c(O)c2cc(OCC(=O)O)ccc2oc1=O. The third-order valence-electron chi connectivity index (χ3n) is 3.79. The molecule has 0 aliphatic carbocycles. The zero-order chi connectivity index (χ0) is 18.4. The first-order chi connectivity index (χ1) is 12.0. The van der Waals surface area contributed by atoms with E-state index in [4.69, 9.17) is 19.0 Å². The van der Waals surface area contributed by atoms with Crippen molar-refractivity contribution in [1.82, 2.24) is 0 Å². The first-order valence-electron chi connectivity index (χ1n) is 8.27. The lowest BCUT2D eigenvalue weighted by atomic mass is 10.1. The second-order valence-electron chi connectivity index (χ2n) is 5.70. The second kappa shape index (κ2) is 8.41. The molecule has 0 amide bonds. The molecule has 1 heterocycles. The summed E-state index contributed by atoms with van der Waals surface area (Å²) in [6.45, 7) is 3.49. The number of carbonyl (C=O) groups is 1. The van der Waals surface area contributed by atoms with Gasteiger partial charge < -0.3 is 24.1 Å². The summed E-state index contributed by atoms with van der Waals surface area (Å²) in [6, 6.07) is 4.31. The van der Waals surface area contributed by atoms with Gasteiger partial charge in [-0.05, 0) is 31.0 Å². The van der Waals surface area contributed by atoms with E-state index in [1.165, 1.54) is 18.2 Å². The zero-order valence-corrected chi connectivity index (χ0v) is 14.3. The lowest BCUT2D eigenvalue weighted by Gasteiger charge is -2.17. The van der Waals surface area contributed by atoms with Crippen LogP contribution < -0.4 is 15.1 Å². The molecule has 1 aromatic carbocycles. The van der Waals surface area contributed by atoms with Crippen molar-refractivity contribution in [3.8, 4) is 17.2 Å². The summed E-state index contributed by atoms with van der Waals surface area (Å²) in [5.74, 6) is -1.44. The number of rotatable bonds is 9. The molecule has 0 spiro atoms. The Morgan fingerprint density at radius 3 is 2.72 bits per heavy atom. The fraction of sp³-hybridized carbons (Fsp3) is 0.444. The molecular weight excluding hydrogens is 328 g/mol. The molecule has 0 radical (unpaired) electrons. The summed E-state index contributed by atoms with van der Waals surface area (Å²) in [5, 5.41) is 19.3. The molecule has 0 bridgehead atoms. The number of fused-ring (bicyclic) bond motifs is 1. The number of aliphatic carboxylic acids is 1. The molecular formula is C18H22O7. The number of carboxylic acid groups (broad SMARTS) is 1. The molecule has 2 N–H and O–H groups in total. The van der Waals surface area contributed by atoms with E-state index in [0.29, 0.717) is 6.42 Å². The molecule has 1 aromatic heterocycles. The van der Waals surface area contributed by atoms with Crippen molar-refractivity contribution in [3.05, 3.63) is 28.6 Å². The van der Waals surface area contributed by atoms with E-state index in [2.05, 4.69) is 6.92 Å². The van der Waals surface area contributed by atoms with Crippen LogP contribution in [0.2, 0.25) is 0 Å². The van der Waals surface area contributed by atoms with Crippen molar-refractivity contribution in [2.24, 2.45) is 0 Å². The Hall–Kier alpha value is -2.70. The summed E-state index contributed by atoms with van der Waals surface area (Å²) in [5.41, 5.74) is -0.585. The number of carboxylic acids is 1. The fourth-order valence-corrected chi connectivity index (χ4v) is 2.43. The third kappa shape index (κ3) is 4.65. The van der Waals surface area contributed by atoms with E-state index in [-0.39, 0.29) is 34.3 Å². The van der Waals surface area contributed by atoms with Crippen LogP contribution >= 0.6 is 0 Å². The van der Waals surface area contributed by atoms with Crippen molar-refractivity contribution < 1.29 is 28.9 Å². The van der Waals surface area contributed by atoms with E-state index < -0.39 is 18.2 Å². The van der Waals surface area contributed by atoms with E-state index in [1.807, 2.05) is 6.92 Å². The molecule has 1 unspecified atom stereocenters. The molecule has 2 rings (SSSR count). The molecule has 136 valence electrons. The quantitative estimate of drug-likeness (QED) is 0.668. The van der Waals surface area contributed by atoms with Gasteiger partial charge >= 0.3 is 11.6 Å². The van der Waals surface area contributed by atoms with E-state index in [0.717, 1.165) is 19.3 Å². The number of unbranched alkanes of at least 4 members (excludes halogenated alkanes) is 1. The Morgan fingerprint density at radius 1 is 1.32 bits per heavy atom. The minimum absolute atomic E-state index is 0.166. The lowest BCUT2D eigenvalue weighted by Crippen LogP contribution is -2.19. The van der Waals surface area contributed by atoms with Gasteiger partial charge in [0.25, 0.3) is 0 Å². The standard InChI is InChI=1S/C18H22O7/c1-3-5-6-11(4-2)24-17-16(21)13-9-12(23-10-15(19)20)7-8-14(13)25-18(17)22/h7-9,11,21H,3-6,10H2,1-2H3,(H,19,20). The fourth-order valence-electron chi connectivity index (χ4n) is 2.43. The largest absolute Gasteiger partial charge is 0.504 e. The van der Waals surface area contributed by atoms with Gasteiger partial charge in [0.15, 0.2) is 12.4 Å². The molecule has 0 fully saturated rings. The first-order valence-corrected chi connectivity index (χ1v) is 8.27. The average molecular weight is 350 g/mol. The maximum absolute atomic E-state index is 12.1. The normalized spacial score (nSPS) is 12.1. The van der Waals surface area contributed by atoms with Crippen LogP contribution in [0.3, 0.4) is 0 Å². The van der Waals surface area contributed by atoms with Crippen molar-refractivity contribution in [2.45, 2.75) is 45.6 Å². The highest BCUT2D eigenvalue weighted by Gasteiger charge is 2.19. The van der Waals surface area contributed by atoms with Gasteiger partial charge in [-0.25, -0.2) is 9.59 Å². The van der Waals surface area contributed by atoms with Crippen LogP contribution in [0.1, 0.15) is 39.5 Å². The van der Waals surface area contributed by atoms with Gasteiger partial charge in [-0.15, -0.1) is 0 Å². The van der Waals surface area contributed by atoms with Crippen LogP contribution in [0.25, 0.3) is 11.0 Å². The predicted molar refractivity (Wildman–Crippen MR) is 91.5 cm³/mol. The first kappa shape index (κ1) is 18.6. The van der Waals surface area contributed by atoms with Crippen LogP contribution in [0.15, 0.2) is 27.4 Å². The smallest absolute Gasteiger partial charge is 0.383 e. The second-order valence-corrected chi connectivity index (χ2v) is 5.70. The van der Waals surface area contributed by atoms with Crippen molar-refractivity contribution in [2.75, 3.05) is 6.61 Å². The monoisotopic (exact) mass is 350 g/mol. The summed E-state index contributed by atoms with van der Waals surface area (Å²) >= 11 is 0. The van der Waals surface area contributed by atoms with E-state index in [1.54, 1.807) is 0 Å². The molecule has 0 aliphatic rings. The highest BCUT2D eigenvalue weighted by atomic mass is 16.5.